The molecule has 0 amide bonds. The second kappa shape index (κ2) is 13.8. The number of carboxylic acid groups (broad SMARTS) is 2. The smallest absolute Gasteiger partial charge is 0.328 e. The summed E-state index contributed by atoms with van der Waals surface area (Å²) in [6.45, 7) is 15.0. The minimum Gasteiger partial charge on any atom is -0.478 e. The predicted molar refractivity (Wildman–Crippen MR) is 141 cm³/mol. The number of hydrogen-bond donors (Lipinski definition) is 2. The third-order valence-corrected chi connectivity index (χ3v) is 6.97. The molecule has 1 saturated heterocycles. The van der Waals surface area contributed by atoms with Crippen molar-refractivity contribution < 1.29 is 19.8 Å². The van der Waals surface area contributed by atoms with E-state index in [1.807, 2.05) is 0 Å². The van der Waals surface area contributed by atoms with E-state index in [1.165, 1.54) is 30.6 Å². The van der Waals surface area contributed by atoms with E-state index in [9.17, 15) is 9.59 Å². The largest absolute Gasteiger partial charge is 0.478 e. The van der Waals surface area contributed by atoms with Crippen LogP contribution in [0.5, 0.6) is 0 Å². The first-order chi connectivity index (χ1) is 16.7. The quantitative estimate of drug-likeness (QED) is 0.478. The molecule has 6 nitrogen and oxygen atoms in total. The highest BCUT2D eigenvalue weighted by atomic mass is 16.4. The van der Waals surface area contributed by atoms with Crippen molar-refractivity contribution in [1.82, 2.24) is 9.80 Å². The van der Waals surface area contributed by atoms with E-state index in [4.69, 9.17) is 10.2 Å². The Morgan fingerprint density at radius 1 is 0.943 bits per heavy atom. The number of carbonyl (C=O) groups is 2. The number of benzene rings is 2. The van der Waals surface area contributed by atoms with Gasteiger partial charge in [-0.25, -0.2) is 9.59 Å². The zero-order chi connectivity index (χ0) is 25.8. The minimum atomic E-state index is -1.26. The highest BCUT2D eigenvalue weighted by Gasteiger charge is 2.48. The van der Waals surface area contributed by atoms with Crippen LogP contribution in [0.2, 0.25) is 0 Å². The third kappa shape index (κ3) is 7.77. The van der Waals surface area contributed by atoms with Crippen LogP contribution in [0.25, 0.3) is 0 Å². The summed E-state index contributed by atoms with van der Waals surface area (Å²) < 4.78 is 0. The molecule has 0 saturated carbocycles. The van der Waals surface area contributed by atoms with Crippen LogP contribution in [-0.4, -0.2) is 70.7 Å². The van der Waals surface area contributed by atoms with Gasteiger partial charge in [-0.2, -0.15) is 0 Å². The number of aliphatic carboxylic acids is 2. The standard InChI is InChI=1S/C25H36N2.C4H4O4/c1-5-26(6-2)18-17-24-19-27(21(3)4)20-25(24,22-13-9-7-10-14-22)23-15-11-8-12-16-23;5-3(6)1-2-4(7)8/h7-16,21,24H,5-6,17-20H2,1-4H3;1-2H,(H,5,6)(H,7,8)/b;2-1-. The van der Waals surface area contributed by atoms with Crippen molar-refractivity contribution in [2.24, 2.45) is 5.92 Å². The van der Waals surface area contributed by atoms with Crippen molar-refractivity contribution in [3.63, 3.8) is 0 Å². The lowest BCUT2D eigenvalue weighted by Crippen LogP contribution is -2.39. The topological polar surface area (TPSA) is 81.1 Å². The van der Waals surface area contributed by atoms with Crippen LogP contribution in [0, 0.1) is 5.92 Å². The van der Waals surface area contributed by atoms with Gasteiger partial charge in [0.05, 0.1) is 0 Å². The first kappa shape index (κ1) is 28.3. The maximum atomic E-state index is 9.55. The summed E-state index contributed by atoms with van der Waals surface area (Å²) in [6, 6.07) is 23.1. The average molecular weight is 481 g/mol. The van der Waals surface area contributed by atoms with E-state index in [2.05, 4.69) is 98.2 Å². The molecule has 190 valence electrons. The normalized spacial score (nSPS) is 17.5. The van der Waals surface area contributed by atoms with Crippen molar-refractivity contribution in [1.29, 1.82) is 0 Å². The molecule has 1 heterocycles. The van der Waals surface area contributed by atoms with E-state index < -0.39 is 11.9 Å². The van der Waals surface area contributed by atoms with Crippen LogP contribution in [0.3, 0.4) is 0 Å². The van der Waals surface area contributed by atoms with E-state index in [0.29, 0.717) is 24.1 Å². The predicted octanol–water partition coefficient (Wildman–Crippen LogP) is 4.76. The zero-order valence-corrected chi connectivity index (χ0v) is 21.4. The van der Waals surface area contributed by atoms with Gasteiger partial charge >= 0.3 is 11.9 Å². The summed E-state index contributed by atoms with van der Waals surface area (Å²) in [6.07, 6.45) is 2.36. The van der Waals surface area contributed by atoms with Gasteiger partial charge in [-0.1, -0.05) is 74.5 Å². The van der Waals surface area contributed by atoms with Gasteiger partial charge in [-0.3, -0.25) is 4.90 Å². The molecule has 0 spiro atoms. The molecule has 1 atom stereocenters. The second-order valence-corrected chi connectivity index (χ2v) is 9.25. The fraction of sp³-hybridized carbons (Fsp3) is 0.448. The summed E-state index contributed by atoms with van der Waals surface area (Å²) in [5, 5.41) is 15.6. The lowest BCUT2D eigenvalue weighted by Gasteiger charge is -2.37. The molecule has 0 aromatic heterocycles. The minimum absolute atomic E-state index is 0.0833. The molecule has 3 rings (SSSR count). The molecule has 0 radical (unpaired) electrons. The van der Waals surface area contributed by atoms with Gasteiger partial charge in [-0.05, 0) is 56.9 Å². The molecule has 2 aromatic carbocycles. The van der Waals surface area contributed by atoms with Gasteiger partial charge in [0, 0.05) is 36.7 Å². The number of carboxylic acids is 2. The third-order valence-electron chi connectivity index (χ3n) is 6.97. The van der Waals surface area contributed by atoms with Crippen LogP contribution < -0.4 is 0 Å². The van der Waals surface area contributed by atoms with Crippen molar-refractivity contribution in [3.05, 3.63) is 83.9 Å². The van der Waals surface area contributed by atoms with E-state index in [1.54, 1.807) is 0 Å². The molecule has 1 aliphatic rings. The summed E-state index contributed by atoms with van der Waals surface area (Å²) in [5.41, 5.74) is 3.03. The Bertz CT molecular complexity index is 884. The lowest BCUT2D eigenvalue weighted by atomic mass is 9.66. The summed E-state index contributed by atoms with van der Waals surface area (Å²) in [4.78, 5) is 24.4. The number of rotatable bonds is 10. The molecule has 0 bridgehead atoms. The molecule has 1 fully saturated rings. The van der Waals surface area contributed by atoms with Crippen LogP contribution in [0.1, 0.15) is 45.2 Å². The Labute approximate surface area is 209 Å². The van der Waals surface area contributed by atoms with Crippen molar-refractivity contribution in [2.75, 3.05) is 32.7 Å². The summed E-state index contributed by atoms with van der Waals surface area (Å²) >= 11 is 0. The van der Waals surface area contributed by atoms with Crippen molar-refractivity contribution in [2.45, 2.75) is 45.6 Å². The van der Waals surface area contributed by atoms with Gasteiger partial charge < -0.3 is 15.1 Å². The summed E-state index contributed by atoms with van der Waals surface area (Å²) in [5.74, 6) is -1.88. The Kier molecular flexibility index (Phi) is 11.2. The van der Waals surface area contributed by atoms with Crippen LogP contribution in [-0.2, 0) is 15.0 Å². The monoisotopic (exact) mass is 480 g/mol. The number of nitrogens with zero attached hydrogens (tertiary/aromatic N) is 2. The Morgan fingerprint density at radius 3 is 1.77 bits per heavy atom. The first-order valence-electron chi connectivity index (χ1n) is 12.5. The molecule has 1 aliphatic heterocycles. The number of likely N-dealkylation sites (tertiary alicyclic amines) is 1. The molecule has 1 unspecified atom stereocenters. The van der Waals surface area contributed by atoms with Crippen LogP contribution >= 0.6 is 0 Å². The molecule has 2 N–H and O–H groups in total. The lowest BCUT2D eigenvalue weighted by molar-refractivity contribution is -0.134. The molecule has 6 heteroatoms. The molecular formula is C29H40N2O4. The molecule has 2 aromatic rings. The first-order valence-corrected chi connectivity index (χ1v) is 12.5. The fourth-order valence-electron chi connectivity index (χ4n) is 5.00. The zero-order valence-electron chi connectivity index (χ0n) is 21.4. The van der Waals surface area contributed by atoms with Crippen molar-refractivity contribution in [3.8, 4) is 0 Å². The maximum Gasteiger partial charge on any atom is 0.328 e. The summed E-state index contributed by atoms with van der Waals surface area (Å²) in [7, 11) is 0. The van der Waals surface area contributed by atoms with Gasteiger partial charge in [0.15, 0.2) is 0 Å². The van der Waals surface area contributed by atoms with E-state index in [0.717, 1.165) is 19.6 Å². The van der Waals surface area contributed by atoms with Gasteiger partial charge in [0.2, 0.25) is 0 Å². The van der Waals surface area contributed by atoms with Crippen LogP contribution in [0.15, 0.2) is 72.8 Å². The Morgan fingerprint density at radius 2 is 1.40 bits per heavy atom. The van der Waals surface area contributed by atoms with E-state index >= 15 is 0 Å². The van der Waals surface area contributed by atoms with E-state index in [-0.39, 0.29) is 5.41 Å². The van der Waals surface area contributed by atoms with Gasteiger partial charge in [0.1, 0.15) is 0 Å². The van der Waals surface area contributed by atoms with Gasteiger partial charge in [-0.15, -0.1) is 0 Å². The fourth-order valence-corrected chi connectivity index (χ4v) is 5.00. The van der Waals surface area contributed by atoms with Gasteiger partial charge in [0.25, 0.3) is 0 Å². The highest BCUT2D eigenvalue weighted by molar-refractivity contribution is 5.89. The Balaban J connectivity index is 0.000000466. The maximum absolute atomic E-state index is 9.55. The molecule has 0 aliphatic carbocycles. The Hall–Kier alpha value is -2.96. The number of hydrogen-bond acceptors (Lipinski definition) is 4. The highest BCUT2D eigenvalue weighted by Crippen LogP contribution is 2.46. The average Bonchev–Trinajstić information content (AvgIpc) is 3.26. The molecule has 35 heavy (non-hydrogen) atoms. The molecular weight excluding hydrogens is 440 g/mol. The van der Waals surface area contributed by atoms with Crippen molar-refractivity contribution >= 4 is 11.9 Å². The SMILES string of the molecule is CCN(CC)CCC1CN(C(C)C)CC1(c1ccccc1)c1ccccc1.O=C(O)/C=C\C(=O)O. The second-order valence-electron chi connectivity index (χ2n) is 9.25. The van der Waals surface area contributed by atoms with Crippen LogP contribution in [0.4, 0.5) is 0 Å².